The maximum atomic E-state index is 11.5. The maximum absolute atomic E-state index is 11.5. The topological polar surface area (TPSA) is 40.6 Å². The molecule has 0 radical (unpaired) electrons. The molecular weight excluding hydrogens is 260 g/mol. The van der Waals surface area contributed by atoms with Crippen molar-refractivity contribution in [1.82, 2.24) is 9.21 Å². The first-order valence-corrected chi connectivity index (χ1v) is 9.13. The minimum atomic E-state index is -3.04. The Labute approximate surface area is 117 Å². The van der Waals surface area contributed by atoms with E-state index in [0.29, 0.717) is 18.5 Å². The van der Waals surface area contributed by atoms with Crippen LogP contribution in [0.3, 0.4) is 0 Å². The Morgan fingerprint density at radius 1 is 1.32 bits per heavy atom. The maximum Gasteiger partial charge on any atom is 0.210 e. The molecule has 1 saturated heterocycles. The summed E-state index contributed by atoms with van der Waals surface area (Å²) in [6.07, 6.45) is 12.0. The average molecular weight is 286 g/mol. The Morgan fingerprint density at radius 2 is 2.11 bits per heavy atom. The second-order valence-corrected chi connectivity index (χ2v) is 8.06. The summed E-state index contributed by atoms with van der Waals surface area (Å²) in [7, 11) is -1.35. The molecule has 1 heterocycles. The van der Waals surface area contributed by atoms with Crippen LogP contribution in [0.2, 0.25) is 0 Å². The minimum absolute atomic E-state index is 0.476. The van der Waals surface area contributed by atoms with Crippen molar-refractivity contribution in [2.24, 2.45) is 5.92 Å². The van der Waals surface area contributed by atoms with Gasteiger partial charge in [0.1, 0.15) is 0 Å². The van der Waals surface area contributed by atoms with E-state index in [-0.39, 0.29) is 0 Å². The summed E-state index contributed by atoms with van der Waals surface area (Å²) in [5.74, 6) is 0.476. The van der Waals surface area contributed by atoms with Crippen molar-refractivity contribution in [2.45, 2.75) is 38.1 Å². The van der Waals surface area contributed by atoms with Gasteiger partial charge < -0.3 is 0 Å². The predicted octanol–water partition coefficient (Wildman–Crippen LogP) is 1.70. The fraction of sp³-hybridized carbons (Fsp3) is 0.857. The Bertz CT molecular complexity index is 419. The molecule has 0 N–H and O–H groups in total. The summed E-state index contributed by atoms with van der Waals surface area (Å²) in [6, 6.07) is 0.583. The zero-order chi connectivity index (χ0) is 13.9. The number of allylic oxidation sites excluding steroid dienone is 1. The van der Waals surface area contributed by atoms with Gasteiger partial charge in [0.2, 0.25) is 10.0 Å². The van der Waals surface area contributed by atoms with E-state index in [2.05, 4.69) is 17.1 Å². The van der Waals surface area contributed by atoms with Gasteiger partial charge in [-0.25, -0.2) is 12.7 Å². The van der Waals surface area contributed by atoms with Gasteiger partial charge in [0, 0.05) is 26.2 Å². The molecule has 19 heavy (non-hydrogen) atoms. The Morgan fingerprint density at radius 3 is 2.74 bits per heavy atom. The van der Waals surface area contributed by atoms with Gasteiger partial charge in [-0.15, -0.1) is 0 Å². The SMILES string of the molecule is CN(CC1CCCN(C2C=CCCC2)C1)S(C)(=O)=O. The standard InChI is InChI=1S/C14H26N2O2S/c1-15(19(2,17)18)11-13-7-6-10-16(12-13)14-8-4-3-5-9-14/h4,8,13-14H,3,5-7,9-12H2,1-2H3. The molecular formula is C14H26N2O2S. The normalized spacial score (nSPS) is 29.8. The van der Waals surface area contributed by atoms with Gasteiger partial charge in [-0.2, -0.15) is 0 Å². The molecule has 2 aliphatic rings. The molecule has 110 valence electrons. The van der Waals surface area contributed by atoms with Crippen molar-refractivity contribution in [3.8, 4) is 0 Å². The van der Waals surface area contributed by atoms with Gasteiger partial charge in [0.25, 0.3) is 0 Å². The van der Waals surface area contributed by atoms with Crippen molar-refractivity contribution in [3.63, 3.8) is 0 Å². The van der Waals surface area contributed by atoms with E-state index in [0.717, 1.165) is 19.5 Å². The number of hydrogen-bond acceptors (Lipinski definition) is 3. The van der Waals surface area contributed by atoms with Crippen LogP contribution in [0.1, 0.15) is 32.1 Å². The number of sulfonamides is 1. The molecule has 4 nitrogen and oxygen atoms in total. The number of nitrogens with zero attached hydrogens (tertiary/aromatic N) is 2. The average Bonchev–Trinajstić information content (AvgIpc) is 2.39. The van der Waals surface area contributed by atoms with Crippen LogP contribution in [0.15, 0.2) is 12.2 Å². The molecule has 0 saturated carbocycles. The summed E-state index contributed by atoms with van der Waals surface area (Å²) in [6.45, 7) is 2.86. The van der Waals surface area contributed by atoms with Crippen molar-refractivity contribution in [3.05, 3.63) is 12.2 Å². The monoisotopic (exact) mass is 286 g/mol. The molecule has 2 atom stereocenters. The van der Waals surface area contributed by atoms with Gasteiger partial charge in [0.15, 0.2) is 0 Å². The molecule has 0 spiro atoms. The van der Waals surface area contributed by atoms with E-state index >= 15 is 0 Å². The van der Waals surface area contributed by atoms with E-state index in [1.165, 1.54) is 36.2 Å². The molecule has 0 aromatic carbocycles. The van der Waals surface area contributed by atoms with E-state index in [4.69, 9.17) is 0 Å². The lowest BCUT2D eigenvalue weighted by Gasteiger charge is -2.39. The van der Waals surface area contributed by atoms with Gasteiger partial charge in [0.05, 0.1) is 6.26 Å². The molecule has 0 aromatic rings. The molecule has 2 rings (SSSR count). The minimum Gasteiger partial charge on any atom is -0.297 e. The summed E-state index contributed by atoms with van der Waals surface area (Å²) < 4.78 is 24.5. The van der Waals surface area contributed by atoms with Crippen LogP contribution >= 0.6 is 0 Å². The van der Waals surface area contributed by atoms with Crippen molar-refractivity contribution in [2.75, 3.05) is 32.9 Å². The van der Waals surface area contributed by atoms with E-state index in [9.17, 15) is 8.42 Å². The Hall–Kier alpha value is -0.390. The number of rotatable bonds is 4. The van der Waals surface area contributed by atoms with Crippen LogP contribution < -0.4 is 0 Å². The van der Waals surface area contributed by atoms with Crippen LogP contribution in [0.25, 0.3) is 0 Å². The lowest BCUT2D eigenvalue weighted by molar-refractivity contribution is 0.127. The fourth-order valence-electron chi connectivity index (χ4n) is 3.15. The quantitative estimate of drug-likeness (QED) is 0.739. The first-order valence-electron chi connectivity index (χ1n) is 7.29. The van der Waals surface area contributed by atoms with Crippen molar-refractivity contribution < 1.29 is 8.42 Å². The zero-order valence-corrected chi connectivity index (χ0v) is 12.9. The molecule has 0 bridgehead atoms. The van der Waals surface area contributed by atoms with Crippen LogP contribution in [0.4, 0.5) is 0 Å². The summed E-state index contributed by atoms with van der Waals surface area (Å²) in [4.78, 5) is 2.54. The first-order chi connectivity index (χ1) is 8.97. The lowest BCUT2D eigenvalue weighted by Crippen LogP contribution is -2.45. The second kappa shape index (κ2) is 6.37. The van der Waals surface area contributed by atoms with E-state index < -0.39 is 10.0 Å². The zero-order valence-electron chi connectivity index (χ0n) is 12.1. The first kappa shape index (κ1) is 15.0. The smallest absolute Gasteiger partial charge is 0.210 e. The molecule has 1 fully saturated rings. The molecule has 0 aromatic heterocycles. The number of likely N-dealkylation sites (tertiary alicyclic amines) is 1. The Kier molecular flexibility index (Phi) is 5.03. The highest BCUT2D eigenvalue weighted by Crippen LogP contribution is 2.24. The summed E-state index contributed by atoms with van der Waals surface area (Å²) in [5.41, 5.74) is 0. The highest BCUT2D eigenvalue weighted by molar-refractivity contribution is 7.88. The predicted molar refractivity (Wildman–Crippen MR) is 78.5 cm³/mol. The largest absolute Gasteiger partial charge is 0.297 e. The third-order valence-electron chi connectivity index (χ3n) is 4.33. The second-order valence-electron chi connectivity index (χ2n) is 5.97. The van der Waals surface area contributed by atoms with Gasteiger partial charge in [-0.3, -0.25) is 4.90 Å². The molecule has 1 aliphatic heterocycles. The van der Waals surface area contributed by atoms with E-state index in [1.54, 1.807) is 7.05 Å². The van der Waals surface area contributed by atoms with Crippen LogP contribution in [0.5, 0.6) is 0 Å². The Balaban J connectivity index is 1.90. The number of piperidine rings is 1. The van der Waals surface area contributed by atoms with Crippen LogP contribution in [-0.4, -0.2) is 56.6 Å². The number of hydrogen-bond donors (Lipinski definition) is 0. The fourth-order valence-corrected chi connectivity index (χ4v) is 3.63. The molecule has 0 amide bonds. The third-order valence-corrected chi connectivity index (χ3v) is 5.61. The van der Waals surface area contributed by atoms with Gasteiger partial charge >= 0.3 is 0 Å². The summed E-state index contributed by atoms with van der Waals surface area (Å²) >= 11 is 0. The van der Waals surface area contributed by atoms with Gasteiger partial charge in [-0.05, 0) is 44.6 Å². The molecule has 2 unspecified atom stereocenters. The third kappa shape index (κ3) is 4.29. The van der Waals surface area contributed by atoms with Gasteiger partial charge in [-0.1, -0.05) is 12.2 Å². The van der Waals surface area contributed by atoms with Crippen LogP contribution in [-0.2, 0) is 10.0 Å². The van der Waals surface area contributed by atoms with Crippen molar-refractivity contribution in [1.29, 1.82) is 0 Å². The van der Waals surface area contributed by atoms with E-state index in [1.807, 2.05) is 0 Å². The summed E-state index contributed by atoms with van der Waals surface area (Å²) in [5, 5.41) is 0. The molecule has 5 heteroatoms. The van der Waals surface area contributed by atoms with Crippen molar-refractivity contribution >= 4 is 10.0 Å². The highest BCUT2D eigenvalue weighted by atomic mass is 32.2. The molecule has 1 aliphatic carbocycles. The van der Waals surface area contributed by atoms with Crippen LogP contribution in [0, 0.1) is 5.92 Å². The lowest BCUT2D eigenvalue weighted by atomic mass is 9.93. The highest BCUT2D eigenvalue weighted by Gasteiger charge is 2.27.